The third-order valence-corrected chi connectivity index (χ3v) is 2.27. The van der Waals surface area contributed by atoms with Gasteiger partial charge in [0.25, 0.3) is 0 Å². The van der Waals surface area contributed by atoms with Crippen LogP contribution in [-0.2, 0) is 13.0 Å². The van der Waals surface area contributed by atoms with Gasteiger partial charge in [0, 0.05) is 13.0 Å². The Morgan fingerprint density at radius 1 is 1.20 bits per heavy atom. The first-order chi connectivity index (χ1) is 7.03. The summed E-state index contributed by atoms with van der Waals surface area (Å²) in [7, 11) is 0. The van der Waals surface area contributed by atoms with Crippen molar-refractivity contribution < 1.29 is 0 Å². The molecule has 0 N–H and O–H groups in total. The van der Waals surface area contributed by atoms with Crippen molar-refractivity contribution in [3.8, 4) is 0 Å². The fraction of sp³-hybridized carbons (Fsp3) is 0.909. The lowest BCUT2D eigenvalue weighted by atomic mass is 9.92. The maximum atomic E-state index is 4.08. The molecule has 86 valence electrons. The summed E-state index contributed by atoms with van der Waals surface area (Å²) in [6, 6.07) is 0. The molecule has 0 aromatic carbocycles. The Morgan fingerprint density at radius 3 is 2.53 bits per heavy atom. The van der Waals surface area contributed by atoms with E-state index in [9.17, 15) is 0 Å². The van der Waals surface area contributed by atoms with Crippen molar-refractivity contribution in [2.24, 2.45) is 5.41 Å². The quantitative estimate of drug-likeness (QED) is 0.701. The number of aromatic nitrogens is 4. The highest BCUT2D eigenvalue weighted by Gasteiger charge is 2.16. The predicted octanol–water partition coefficient (Wildman–Crippen LogP) is 2.45. The molecule has 0 saturated carbocycles. The van der Waals surface area contributed by atoms with Gasteiger partial charge in [-0.05, 0) is 22.3 Å². The Kier molecular flexibility index (Phi) is 4.24. The second-order valence-electron chi connectivity index (χ2n) is 5.26. The van der Waals surface area contributed by atoms with Crippen molar-refractivity contribution in [1.29, 1.82) is 0 Å². The van der Waals surface area contributed by atoms with Crippen LogP contribution in [0.2, 0.25) is 0 Å². The second kappa shape index (κ2) is 5.24. The minimum Gasteiger partial charge on any atom is -0.230 e. The fourth-order valence-corrected chi connectivity index (χ4v) is 1.51. The van der Waals surface area contributed by atoms with E-state index in [2.05, 4.69) is 43.2 Å². The lowest BCUT2D eigenvalue weighted by Gasteiger charge is -2.16. The molecule has 0 spiro atoms. The van der Waals surface area contributed by atoms with Crippen molar-refractivity contribution in [3.05, 3.63) is 5.82 Å². The van der Waals surface area contributed by atoms with Gasteiger partial charge in [-0.25, -0.2) is 4.68 Å². The fourth-order valence-electron chi connectivity index (χ4n) is 1.51. The van der Waals surface area contributed by atoms with Gasteiger partial charge < -0.3 is 0 Å². The van der Waals surface area contributed by atoms with Crippen molar-refractivity contribution in [2.45, 2.75) is 59.9 Å². The second-order valence-corrected chi connectivity index (χ2v) is 5.26. The van der Waals surface area contributed by atoms with E-state index < -0.39 is 0 Å². The van der Waals surface area contributed by atoms with Crippen molar-refractivity contribution >= 4 is 0 Å². The van der Waals surface area contributed by atoms with E-state index in [1.54, 1.807) is 0 Å². The van der Waals surface area contributed by atoms with E-state index in [-0.39, 0.29) is 5.41 Å². The van der Waals surface area contributed by atoms with Crippen LogP contribution in [0.1, 0.15) is 52.8 Å². The van der Waals surface area contributed by atoms with Crippen molar-refractivity contribution in [1.82, 2.24) is 20.2 Å². The van der Waals surface area contributed by atoms with Crippen LogP contribution < -0.4 is 0 Å². The predicted molar refractivity (Wildman–Crippen MR) is 60.5 cm³/mol. The molecule has 0 radical (unpaired) electrons. The first kappa shape index (κ1) is 12.1. The molecule has 0 amide bonds. The average molecular weight is 210 g/mol. The maximum absolute atomic E-state index is 4.08. The molecule has 0 aliphatic rings. The highest BCUT2D eigenvalue weighted by Crippen LogP contribution is 2.18. The van der Waals surface area contributed by atoms with Gasteiger partial charge in [0.2, 0.25) is 0 Å². The number of unbranched alkanes of at least 4 members (excludes halogenated alkanes) is 2. The van der Waals surface area contributed by atoms with Gasteiger partial charge in [-0.2, -0.15) is 0 Å². The zero-order chi connectivity index (χ0) is 11.3. The molecule has 0 atom stereocenters. The highest BCUT2D eigenvalue weighted by molar-refractivity contribution is 4.86. The van der Waals surface area contributed by atoms with Gasteiger partial charge in [-0.15, -0.1) is 5.10 Å². The van der Waals surface area contributed by atoms with Crippen LogP contribution in [0, 0.1) is 5.41 Å². The van der Waals surface area contributed by atoms with Gasteiger partial charge >= 0.3 is 0 Å². The Bertz CT molecular complexity index is 285. The SMILES string of the molecule is CCCCCn1nnnc1CC(C)(C)C. The van der Waals surface area contributed by atoms with Crippen LogP contribution in [0.25, 0.3) is 0 Å². The molecule has 0 saturated heterocycles. The minimum atomic E-state index is 0.247. The Labute approximate surface area is 92.1 Å². The summed E-state index contributed by atoms with van der Waals surface area (Å²) >= 11 is 0. The number of hydrogen-bond acceptors (Lipinski definition) is 3. The molecule has 15 heavy (non-hydrogen) atoms. The number of nitrogens with zero attached hydrogens (tertiary/aromatic N) is 4. The summed E-state index contributed by atoms with van der Waals surface area (Å²) in [5.74, 6) is 1.01. The zero-order valence-electron chi connectivity index (χ0n) is 10.3. The van der Waals surface area contributed by atoms with E-state index in [1.165, 1.54) is 19.3 Å². The van der Waals surface area contributed by atoms with E-state index >= 15 is 0 Å². The Morgan fingerprint density at radius 2 is 1.93 bits per heavy atom. The monoisotopic (exact) mass is 210 g/mol. The first-order valence-electron chi connectivity index (χ1n) is 5.78. The van der Waals surface area contributed by atoms with Gasteiger partial charge in [0.05, 0.1) is 0 Å². The molecule has 0 bridgehead atoms. The Hall–Kier alpha value is -0.930. The first-order valence-corrected chi connectivity index (χ1v) is 5.78. The summed E-state index contributed by atoms with van der Waals surface area (Å²) in [5, 5.41) is 11.9. The molecule has 0 fully saturated rings. The van der Waals surface area contributed by atoms with Gasteiger partial charge in [-0.3, -0.25) is 0 Å². The van der Waals surface area contributed by atoms with Crippen LogP contribution in [0.4, 0.5) is 0 Å². The number of aryl methyl sites for hydroxylation is 1. The lowest BCUT2D eigenvalue weighted by molar-refractivity contribution is 0.384. The van der Waals surface area contributed by atoms with E-state index in [0.717, 1.165) is 18.8 Å². The van der Waals surface area contributed by atoms with Crippen LogP contribution in [0.15, 0.2) is 0 Å². The van der Waals surface area contributed by atoms with Gasteiger partial charge in [0.15, 0.2) is 5.82 Å². The molecule has 0 unspecified atom stereocenters. The molecular formula is C11H22N4. The summed E-state index contributed by atoms with van der Waals surface area (Å²) in [6.07, 6.45) is 4.58. The van der Waals surface area contributed by atoms with Crippen LogP contribution >= 0.6 is 0 Å². The van der Waals surface area contributed by atoms with E-state index in [1.807, 2.05) is 4.68 Å². The topological polar surface area (TPSA) is 43.6 Å². The smallest absolute Gasteiger partial charge is 0.151 e. The zero-order valence-corrected chi connectivity index (χ0v) is 10.3. The maximum Gasteiger partial charge on any atom is 0.151 e. The van der Waals surface area contributed by atoms with E-state index in [0.29, 0.717) is 0 Å². The number of hydrogen-bond donors (Lipinski definition) is 0. The molecule has 4 heteroatoms. The van der Waals surface area contributed by atoms with Gasteiger partial charge in [0.1, 0.15) is 0 Å². The molecule has 1 aromatic heterocycles. The Balaban J connectivity index is 2.53. The number of rotatable bonds is 5. The van der Waals surface area contributed by atoms with Crippen molar-refractivity contribution in [3.63, 3.8) is 0 Å². The normalized spacial score (nSPS) is 12.0. The molecule has 0 aliphatic heterocycles. The lowest BCUT2D eigenvalue weighted by Crippen LogP contribution is -2.15. The summed E-state index contributed by atoms with van der Waals surface area (Å²) in [5.41, 5.74) is 0.247. The number of tetrazole rings is 1. The van der Waals surface area contributed by atoms with E-state index in [4.69, 9.17) is 0 Å². The summed E-state index contributed by atoms with van der Waals surface area (Å²) < 4.78 is 1.95. The van der Waals surface area contributed by atoms with Crippen LogP contribution in [0.5, 0.6) is 0 Å². The molecule has 1 aromatic rings. The third kappa shape index (κ3) is 4.40. The molecule has 4 nitrogen and oxygen atoms in total. The minimum absolute atomic E-state index is 0.247. The summed E-state index contributed by atoms with van der Waals surface area (Å²) in [4.78, 5) is 0. The third-order valence-electron chi connectivity index (χ3n) is 2.27. The molecule has 1 rings (SSSR count). The standard InChI is InChI=1S/C11H22N4/c1-5-6-7-8-15-10(12-13-14-15)9-11(2,3)4/h5-9H2,1-4H3. The highest BCUT2D eigenvalue weighted by atomic mass is 15.5. The molecule has 0 aliphatic carbocycles. The summed E-state index contributed by atoms with van der Waals surface area (Å²) in [6.45, 7) is 9.77. The van der Waals surface area contributed by atoms with Crippen LogP contribution in [-0.4, -0.2) is 20.2 Å². The molecular weight excluding hydrogens is 188 g/mol. The largest absolute Gasteiger partial charge is 0.230 e. The molecule has 1 heterocycles. The van der Waals surface area contributed by atoms with Crippen LogP contribution in [0.3, 0.4) is 0 Å². The van der Waals surface area contributed by atoms with Crippen molar-refractivity contribution in [2.75, 3.05) is 0 Å². The average Bonchev–Trinajstić information content (AvgIpc) is 2.50. The van der Waals surface area contributed by atoms with Gasteiger partial charge in [-0.1, -0.05) is 40.5 Å².